The SMILES string of the molecule is Fc1cc(-c2cccc3c2ccn3CCN2CCCC2)ccc1C(F)(F)F. The highest BCUT2D eigenvalue weighted by atomic mass is 19.4. The van der Waals surface area contributed by atoms with Gasteiger partial charge in [-0.3, -0.25) is 0 Å². The van der Waals surface area contributed by atoms with E-state index in [0.29, 0.717) is 5.56 Å². The van der Waals surface area contributed by atoms with Crippen LogP contribution < -0.4 is 0 Å². The standard InChI is InChI=1S/C21H20F4N2/c22-19-14-15(6-7-18(19)21(23,24)25)16-4-3-5-20-17(16)8-11-27(20)13-12-26-9-1-2-10-26/h3-8,11,14H,1-2,9-10,12-13H2. The lowest BCUT2D eigenvalue weighted by molar-refractivity contribution is -0.139. The van der Waals surface area contributed by atoms with Crippen LogP contribution in [-0.2, 0) is 12.7 Å². The second-order valence-corrected chi connectivity index (χ2v) is 6.99. The summed E-state index contributed by atoms with van der Waals surface area (Å²) in [7, 11) is 0. The Kier molecular flexibility index (Phi) is 4.68. The van der Waals surface area contributed by atoms with E-state index in [4.69, 9.17) is 0 Å². The molecule has 3 aromatic rings. The van der Waals surface area contributed by atoms with Gasteiger partial charge in [0.15, 0.2) is 0 Å². The normalized spacial score (nSPS) is 15.7. The van der Waals surface area contributed by atoms with E-state index >= 15 is 0 Å². The number of fused-ring (bicyclic) bond motifs is 1. The van der Waals surface area contributed by atoms with E-state index in [1.807, 2.05) is 30.5 Å². The molecule has 0 atom stereocenters. The van der Waals surface area contributed by atoms with Crippen LogP contribution in [0.25, 0.3) is 22.0 Å². The van der Waals surface area contributed by atoms with E-state index in [2.05, 4.69) is 9.47 Å². The van der Waals surface area contributed by atoms with Gasteiger partial charge in [0.1, 0.15) is 5.82 Å². The Balaban J connectivity index is 1.65. The van der Waals surface area contributed by atoms with Crippen molar-refractivity contribution in [3.63, 3.8) is 0 Å². The van der Waals surface area contributed by atoms with Crippen LogP contribution in [0.5, 0.6) is 0 Å². The highest BCUT2D eigenvalue weighted by molar-refractivity contribution is 5.95. The summed E-state index contributed by atoms with van der Waals surface area (Å²) in [6.07, 6.45) is -0.204. The summed E-state index contributed by atoms with van der Waals surface area (Å²) < 4.78 is 54.6. The van der Waals surface area contributed by atoms with Gasteiger partial charge in [-0.15, -0.1) is 0 Å². The van der Waals surface area contributed by atoms with Crippen LogP contribution in [0, 0.1) is 5.82 Å². The molecule has 1 aliphatic rings. The van der Waals surface area contributed by atoms with E-state index < -0.39 is 17.6 Å². The highest BCUT2D eigenvalue weighted by Crippen LogP contribution is 2.35. The predicted molar refractivity (Wildman–Crippen MR) is 98.0 cm³/mol. The Morgan fingerprint density at radius 1 is 0.926 bits per heavy atom. The molecule has 0 aliphatic carbocycles. The van der Waals surface area contributed by atoms with E-state index in [-0.39, 0.29) is 0 Å². The molecule has 1 saturated heterocycles. The molecule has 0 unspecified atom stereocenters. The first-order valence-electron chi connectivity index (χ1n) is 9.11. The van der Waals surface area contributed by atoms with Crippen molar-refractivity contribution in [1.29, 1.82) is 0 Å². The molecule has 0 amide bonds. The smallest absolute Gasteiger partial charge is 0.346 e. The number of benzene rings is 2. The lowest BCUT2D eigenvalue weighted by atomic mass is 10.00. The number of hydrogen-bond donors (Lipinski definition) is 0. The van der Waals surface area contributed by atoms with E-state index in [9.17, 15) is 17.6 Å². The molecule has 2 nitrogen and oxygen atoms in total. The maximum atomic E-state index is 14.0. The molecular weight excluding hydrogens is 356 g/mol. The van der Waals surface area contributed by atoms with Crippen molar-refractivity contribution in [3.8, 4) is 11.1 Å². The fourth-order valence-electron chi connectivity index (χ4n) is 3.84. The Morgan fingerprint density at radius 2 is 1.70 bits per heavy atom. The largest absolute Gasteiger partial charge is 0.419 e. The van der Waals surface area contributed by atoms with Crippen LogP contribution in [-0.4, -0.2) is 29.1 Å². The first kappa shape index (κ1) is 18.0. The molecule has 2 heterocycles. The van der Waals surface area contributed by atoms with E-state index in [1.165, 1.54) is 18.9 Å². The molecule has 0 radical (unpaired) electrons. The number of rotatable bonds is 4. The average Bonchev–Trinajstić information content (AvgIpc) is 3.28. The van der Waals surface area contributed by atoms with Gasteiger partial charge in [-0.1, -0.05) is 18.2 Å². The maximum Gasteiger partial charge on any atom is 0.419 e. The molecule has 6 heteroatoms. The minimum Gasteiger partial charge on any atom is -0.346 e. The summed E-state index contributed by atoms with van der Waals surface area (Å²) in [5.41, 5.74) is 0.956. The zero-order valence-corrected chi connectivity index (χ0v) is 14.8. The highest BCUT2D eigenvalue weighted by Gasteiger charge is 2.34. The average molecular weight is 376 g/mol. The number of nitrogens with zero attached hydrogens (tertiary/aromatic N) is 2. The summed E-state index contributed by atoms with van der Waals surface area (Å²) in [6, 6.07) is 10.7. The summed E-state index contributed by atoms with van der Waals surface area (Å²) in [5, 5.41) is 0.915. The number of likely N-dealkylation sites (tertiary alicyclic amines) is 1. The summed E-state index contributed by atoms with van der Waals surface area (Å²) in [6.45, 7) is 4.10. The topological polar surface area (TPSA) is 8.17 Å². The van der Waals surface area contributed by atoms with Crippen molar-refractivity contribution in [2.45, 2.75) is 25.6 Å². The lowest BCUT2D eigenvalue weighted by Crippen LogP contribution is -2.23. The summed E-state index contributed by atoms with van der Waals surface area (Å²) >= 11 is 0. The minimum atomic E-state index is -4.69. The third kappa shape index (κ3) is 3.58. The fourth-order valence-corrected chi connectivity index (χ4v) is 3.84. The lowest BCUT2D eigenvalue weighted by Gasteiger charge is -2.15. The van der Waals surface area contributed by atoms with Crippen LogP contribution in [0.1, 0.15) is 18.4 Å². The molecular formula is C21H20F4N2. The minimum absolute atomic E-state index is 0.448. The van der Waals surface area contributed by atoms with Crippen molar-refractivity contribution in [2.75, 3.05) is 19.6 Å². The van der Waals surface area contributed by atoms with Crippen LogP contribution in [0.15, 0.2) is 48.7 Å². The van der Waals surface area contributed by atoms with Gasteiger partial charge < -0.3 is 9.47 Å². The second kappa shape index (κ2) is 7.00. The van der Waals surface area contributed by atoms with Crippen molar-refractivity contribution in [1.82, 2.24) is 9.47 Å². The Morgan fingerprint density at radius 3 is 2.41 bits per heavy atom. The summed E-state index contributed by atoms with van der Waals surface area (Å²) in [5.74, 6) is -1.24. The van der Waals surface area contributed by atoms with Crippen LogP contribution >= 0.6 is 0 Å². The van der Waals surface area contributed by atoms with Gasteiger partial charge in [0.25, 0.3) is 0 Å². The molecule has 0 saturated carbocycles. The van der Waals surface area contributed by atoms with Crippen LogP contribution in [0.4, 0.5) is 17.6 Å². The van der Waals surface area contributed by atoms with Gasteiger partial charge in [0.05, 0.1) is 5.56 Å². The molecule has 1 aromatic heterocycles. The van der Waals surface area contributed by atoms with Crippen LogP contribution in [0.3, 0.4) is 0 Å². The van der Waals surface area contributed by atoms with Crippen LogP contribution in [0.2, 0.25) is 0 Å². The first-order chi connectivity index (χ1) is 12.9. The molecule has 0 spiro atoms. The monoisotopic (exact) mass is 376 g/mol. The Bertz CT molecular complexity index is 952. The molecule has 1 aliphatic heterocycles. The Labute approximate surface area is 155 Å². The number of hydrogen-bond acceptors (Lipinski definition) is 1. The Hall–Kier alpha value is -2.34. The molecule has 27 heavy (non-hydrogen) atoms. The van der Waals surface area contributed by atoms with E-state index in [0.717, 1.165) is 54.8 Å². The third-order valence-corrected chi connectivity index (χ3v) is 5.25. The zero-order valence-electron chi connectivity index (χ0n) is 14.8. The van der Waals surface area contributed by atoms with Gasteiger partial charge in [-0.05, 0) is 61.3 Å². The number of halogens is 4. The maximum absolute atomic E-state index is 14.0. The summed E-state index contributed by atoms with van der Waals surface area (Å²) in [4.78, 5) is 2.43. The van der Waals surface area contributed by atoms with Crippen molar-refractivity contribution in [2.24, 2.45) is 0 Å². The quantitative estimate of drug-likeness (QED) is 0.541. The van der Waals surface area contributed by atoms with Crippen molar-refractivity contribution >= 4 is 10.9 Å². The van der Waals surface area contributed by atoms with Gasteiger partial charge in [0.2, 0.25) is 0 Å². The van der Waals surface area contributed by atoms with Gasteiger partial charge >= 0.3 is 6.18 Å². The van der Waals surface area contributed by atoms with Gasteiger partial charge in [-0.2, -0.15) is 13.2 Å². The molecule has 142 valence electrons. The molecule has 2 aromatic carbocycles. The molecule has 4 rings (SSSR count). The predicted octanol–water partition coefficient (Wildman–Crippen LogP) is 5.56. The zero-order chi connectivity index (χ0) is 19.0. The third-order valence-electron chi connectivity index (χ3n) is 5.25. The molecule has 1 fully saturated rings. The second-order valence-electron chi connectivity index (χ2n) is 6.99. The molecule has 0 N–H and O–H groups in total. The van der Waals surface area contributed by atoms with Crippen molar-refractivity contribution < 1.29 is 17.6 Å². The van der Waals surface area contributed by atoms with Crippen molar-refractivity contribution in [3.05, 3.63) is 60.0 Å². The fraction of sp³-hybridized carbons (Fsp3) is 0.333. The molecule has 0 bridgehead atoms. The van der Waals surface area contributed by atoms with E-state index in [1.54, 1.807) is 0 Å². The number of alkyl halides is 3. The number of aromatic nitrogens is 1. The van der Waals surface area contributed by atoms with Gasteiger partial charge in [0, 0.05) is 30.2 Å². The first-order valence-corrected chi connectivity index (χ1v) is 9.11. The van der Waals surface area contributed by atoms with Gasteiger partial charge in [-0.25, -0.2) is 4.39 Å².